The normalized spacial score (nSPS) is 11.6. The first-order valence-corrected chi connectivity index (χ1v) is 10.3. The minimum Gasteiger partial charge on any atom is -0.494 e. The Morgan fingerprint density at radius 2 is 1.74 bits per heavy atom. The van der Waals surface area contributed by atoms with E-state index in [1.54, 1.807) is 43.1 Å². The lowest BCUT2D eigenvalue weighted by Crippen LogP contribution is -2.12. The van der Waals surface area contributed by atoms with Crippen LogP contribution in [0.5, 0.6) is 11.5 Å². The summed E-state index contributed by atoms with van der Waals surface area (Å²) in [5, 5.41) is 8.45. The molecular weight excluding hydrogens is 370 g/mol. The number of sulfone groups is 1. The summed E-state index contributed by atoms with van der Waals surface area (Å²) >= 11 is 0. The molecule has 0 N–H and O–H groups in total. The maximum absolute atomic E-state index is 11.7. The fourth-order valence-electron chi connectivity index (χ4n) is 2.76. The average molecular weight is 391 g/mol. The first kappa shape index (κ1) is 19.0. The van der Waals surface area contributed by atoms with E-state index in [4.69, 9.17) is 13.9 Å². The van der Waals surface area contributed by atoms with Crippen LogP contribution >= 0.6 is 0 Å². The van der Waals surface area contributed by atoms with Gasteiger partial charge >= 0.3 is 0 Å². The highest BCUT2D eigenvalue weighted by Crippen LogP contribution is 2.36. The van der Waals surface area contributed by atoms with Crippen molar-refractivity contribution in [2.24, 2.45) is 0 Å². The number of benzene rings is 1. The Hall–Kier alpha value is -2.81. The molecule has 0 amide bonds. The molecule has 3 rings (SSSR count). The average Bonchev–Trinajstić information content (AvgIpc) is 3.24. The maximum Gasteiger partial charge on any atom is 0.204 e. The van der Waals surface area contributed by atoms with Gasteiger partial charge in [0.2, 0.25) is 5.82 Å². The number of aryl methyl sites for hydroxylation is 2. The van der Waals surface area contributed by atoms with Crippen molar-refractivity contribution < 1.29 is 22.3 Å². The third kappa shape index (κ3) is 3.97. The molecule has 0 aliphatic rings. The number of hydrogen-bond donors (Lipinski definition) is 0. The standard InChI is InChI=1S/C18H21N3O5S/c1-12-8-9-15(26-12)18-20-19-16(10-11-27(4,22)23)21(18)17-13(24-2)6-5-7-14(17)25-3/h5-9H,10-11H2,1-4H3. The van der Waals surface area contributed by atoms with Gasteiger partial charge in [-0.3, -0.25) is 4.57 Å². The number of rotatable bonds is 7. The lowest BCUT2D eigenvalue weighted by molar-refractivity contribution is 0.390. The molecule has 0 aliphatic heterocycles. The summed E-state index contributed by atoms with van der Waals surface area (Å²) in [6.07, 6.45) is 1.38. The summed E-state index contributed by atoms with van der Waals surface area (Å²) in [6, 6.07) is 8.99. The second kappa shape index (κ2) is 7.43. The van der Waals surface area contributed by atoms with Crippen molar-refractivity contribution in [2.45, 2.75) is 13.3 Å². The van der Waals surface area contributed by atoms with E-state index in [1.807, 2.05) is 13.0 Å². The van der Waals surface area contributed by atoms with Crippen LogP contribution in [0.3, 0.4) is 0 Å². The third-order valence-corrected chi connectivity index (χ3v) is 4.96. The van der Waals surface area contributed by atoms with Crippen molar-refractivity contribution in [2.75, 3.05) is 26.2 Å². The molecule has 0 atom stereocenters. The van der Waals surface area contributed by atoms with Crippen LogP contribution in [0.1, 0.15) is 11.6 Å². The zero-order valence-corrected chi connectivity index (χ0v) is 16.4. The van der Waals surface area contributed by atoms with Crippen LogP contribution in [0, 0.1) is 6.92 Å². The molecule has 1 aromatic carbocycles. The highest BCUT2D eigenvalue weighted by Gasteiger charge is 2.24. The number of nitrogens with zero attached hydrogens (tertiary/aromatic N) is 3. The van der Waals surface area contributed by atoms with Gasteiger partial charge in [-0.2, -0.15) is 0 Å². The molecule has 0 saturated heterocycles. The smallest absolute Gasteiger partial charge is 0.204 e. The lowest BCUT2D eigenvalue weighted by Gasteiger charge is -2.16. The highest BCUT2D eigenvalue weighted by molar-refractivity contribution is 7.90. The minimum atomic E-state index is -3.17. The largest absolute Gasteiger partial charge is 0.494 e. The van der Waals surface area contributed by atoms with Crippen LogP contribution in [0.25, 0.3) is 17.3 Å². The van der Waals surface area contributed by atoms with Gasteiger partial charge in [-0.1, -0.05) is 6.07 Å². The topological polar surface area (TPSA) is 96.5 Å². The highest BCUT2D eigenvalue weighted by atomic mass is 32.2. The third-order valence-electron chi connectivity index (χ3n) is 4.01. The zero-order valence-electron chi connectivity index (χ0n) is 15.6. The van der Waals surface area contributed by atoms with Crippen molar-refractivity contribution in [3.63, 3.8) is 0 Å². The van der Waals surface area contributed by atoms with E-state index in [2.05, 4.69) is 10.2 Å². The summed E-state index contributed by atoms with van der Waals surface area (Å²) in [5.74, 6) is 3.17. The molecule has 0 aliphatic carbocycles. The van der Waals surface area contributed by atoms with Crippen LogP contribution in [0.15, 0.2) is 34.7 Å². The van der Waals surface area contributed by atoms with E-state index in [0.29, 0.717) is 34.6 Å². The molecule has 9 heteroatoms. The minimum absolute atomic E-state index is 0.0558. The Morgan fingerprint density at radius 1 is 1.07 bits per heavy atom. The fraction of sp³-hybridized carbons (Fsp3) is 0.333. The lowest BCUT2D eigenvalue weighted by atomic mass is 10.2. The van der Waals surface area contributed by atoms with Gasteiger partial charge in [0.25, 0.3) is 0 Å². The van der Waals surface area contributed by atoms with Crippen LogP contribution in [0.4, 0.5) is 0 Å². The van der Waals surface area contributed by atoms with Gasteiger partial charge < -0.3 is 13.9 Å². The summed E-state index contributed by atoms with van der Waals surface area (Å²) < 4.78 is 41.8. The summed E-state index contributed by atoms with van der Waals surface area (Å²) in [6.45, 7) is 1.83. The quantitative estimate of drug-likeness (QED) is 0.610. The molecule has 0 unspecified atom stereocenters. The molecule has 3 aromatic rings. The van der Waals surface area contributed by atoms with E-state index in [-0.39, 0.29) is 12.2 Å². The molecule has 2 heterocycles. The summed E-state index contributed by atoms with van der Waals surface area (Å²) in [4.78, 5) is 0. The van der Waals surface area contributed by atoms with Gasteiger partial charge in [-0.15, -0.1) is 10.2 Å². The molecule has 0 spiro atoms. The molecule has 0 saturated carbocycles. The van der Waals surface area contributed by atoms with Crippen molar-refractivity contribution in [3.05, 3.63) is 41.9 Å². The molecule has 0 radical (unpaired) electrons. The van der Waals surface area contributed by atoms with Gasteiger partial charge in [0.1, 0.15) is 38.6 Å². The Labute approximate surface area is 157 Å². The second-order valence-corrected chi connectivity index (χ2v) is 8.34. The zero-order chi connectivity index (χ0) is 19.6. The Bertz CT molecular complexity index is 1030. The molecule has 2 aromatic heterocycles. The molecule has 27 heavy (non-hydrogen) atoms. The molecule has 144 valence electrons. The summed E-state index contributed by atoms with van der Waals surface area (Å²) in [5.41, 5.74) is 0.583. The number of furan rings is 1. The molecule has 0 bridgehead atoms. The Morgan fingerprint density at radius 3 is 2.26 bits per heavy atom. The predicted octanol–water partition coefficient (Wildman–Crippen LogP) is 2.44. The maximum atomic E-state index is 11.7. The number of aromatic nitrogens is 3. The van der Waals surface area contributed by atoms with E-state index < -0.39 is 9.84 Å². The van der Waals surface area contributed by atoms with E-state index in [0.717, 1.165) is 5.76 Å². The van der Waals surface area contributed by atoms with Crippen LogP contribution < -0.4 is 9.47 Å². The number of ether oxygens (including phenoxy) is 2. The van der Waals surface area contributed by atoms with Crippen molar-refractivity contribution in [3.8, 4) is 28.8 Å². The van der Waals surface area contributed by atoms with Crippen molar-refractivity contribution >= 4 is 9.84 Å². The van der Waals surface area contributed by atoms with E-state index >= 15 is 0 Å². The first-order chi connectivity index (χ1) is 12.8. The van der Waals surface area contributed by atoms with Crippen molar-refractivity contribution in [1.29, 1.82) is 0 Å². The van der Waals surface area contributed by atoms with Crippen LogP contribution in [0.2, 0.25) is 0 Å². The van der Waals surface area contributed by atoms with Gasteiger partial charge in [-0.05, 0) is 31.2 Å². The first-order valence-electron chi connectivity index (χ1n) is 8.24. The van der Waals surface area contributed by atoms with Gasteiger partial charge in [0.15, 0.2) is 5.76 Å². The predicted molar refractivity (Wildman–Crippen MR) is 100 cm³/mol. The Kier molecular flexibility index (Phi) is 5.22. The number of methoxy groups -OCH3 is 2. The fourth-order valence-corrected chi connectivity index (χ4v) is 3.31. The monoisotopic (exact) mass is 391 g/mol. The van der Waals surface area contributed by atoms with Gasteiger partial charge in [0, 0.05) is 12.7 Å². The van der Waals surface area contributed by atoms with Crippen LogP contribution in [-0.4, -0.2) is 49.4 Å². The van der Waals surface area contributed by atoms with Gasteiger partial charge in [0.05, 0.1) is 20.0 Å². The van der Waals surface area contributed by atoms with E-state index in [9.17, 15) is 8.42 Å². The SMILES string of the molecule is COc1cccc(OC)c1-n1c(CCS(C)(=O)=O)nnc1-c1ccc(C)o1. The molecule has 0 fully saturated rings. The second-order valence-electron chi connectivity index (χ2n) is 6.08. The van der Waals surface area contributed by atoms with Crippen molar-refractivity contribution in [1.82, 2.24) is 14.8 Å². The Balaban J connectivity index is 2.24. The number of hydrogen-bond acceptors (Lipinski definition) is 7. The molecule has 8 nitrogen and oxygen atoms in total. The summed E-state index contributed by atoms with van der Waals surface area (Å²) in [7, 11) is -0.0687. The molecular formula is C18H21N3O5S. The number of para-hydroxylation sites is 1. The van der Waals surface area contributed by atoms with Gasteiger partial charge in [-0.25, -0.2) is 8.42 Å². The van der Waals surface area contributed by atoms with Crippen LogP contribution in [-0.2, 0) is 16.3 Å². The van der Waals surface area contributed by atoms with E-state index in [1.165, 1.54) is 6.26 Å².